The number of hydrogen-bond acceptors (Lipinski definition) is 4. The molecule has 1 N–H and O–H groups in total. The first-order valence-corrected chi connectivity index (χ1v) is 9.08. The van der Waals surface area contributed by atoms with Crippen LogP contribution in [0.1, 0.15) is 12.8 Å². The lowest BCUT2D eigenvalue weighted by molar-refractivity contribution is -0.146. The molecule has 1 aromatic heterocycles. The quantitative estimate of drug-likeness (QED) is 0.695. The van der Waals surface area contributed by atoms with Crippen LogP contribution in [0.25, 0.3) is 22.3 Å². The van der Waals surface area contributed by atoms with Gasteiger partial charge in [0.15, 0.2) is 11.0 Å². The van der Waals surface area contributed by atoms with Crippen LogP contribution in [0.2, 0.25) is 5.02 Å². The summed E-state index contributed by atoms with van der Waals surface area (Å²) >= 11 is 6.18. The van der Waals surface area contributed by atoms with Crippen LogP contribution in [0.5, 0.6) is 5.75 Å². The molecule has 2 aromatic carbocycles. The lowest BCUT2D eigenvalue weighted by Crippen LogP contribution is -2.33. The van der Waals surface area contributed by atoms with Crippen molar-refractivity contribution in [2.45, 2.75) is 12.8 Å². The fourth-order valence-corrected chi connectivity index (χ4v) is 3.57. The van der Waals surface area contributed by atoms with E-state index in [1.807, 2.05) is 18.2 Å². The van der Waals surface area contributed by atoms with Crippen LogP contribution in [0.4, 0.5) is 0 Å². The van der Waals surface area contributed by atoms with Crippen molar-refractivity contribution < 1.29 is 19.1 Å². The molecular formula is C21H17ClO5. The van der Waals surface area contributed by atoms with Gasteiger partial charge in [0.2, 0.25) is 0 Å². The predicted molar refractivity (Wildman–Crippen MR) is 102 cm³/mol. The minimum Gasteiger partial charge on any atom is -0.493 e. The molecule has 0 bridgehead atoms. The van der Waals surface area contributed by atoms with Gasteiger partial charge < -0.3 is 14.3 Å². The first kappa shape index (κ1) is 17.6. The molecule has 0 saturated heterocycles. The Balaban J connectivity index is 1.62. The summed E-state index contributed by atoms with van der Waals surface area (Å²) in [5, 5.41) is 9.77. The van der Waals surface area contributed by atoms with Gasteiger partial charge in [-0.15, -0.1) is 0 Å². The van der Waals surface area contributed by atoms with Crippen molar-refractivity contribution in [3.05, 3.63) is 63.8 Å². The molecule has 27 heavy (non-hydrogen) atoms. The summed E-state index contributed by atoms with van der Waals surface area (Å²) in [7, 11) is 0. The lowest BCUT2D eigenvalue weighted by Gasteiger charge is -2.32. The highest BCUT2D eigenvalue weighted by Gasteiger charge is 2.34. The molecule has 0 atom stereocenters. The van der Waals surface area contributed by atoms with E-state index in [4.69, 9.17) is 25.9 Å². The molecule has 1 heterocycles. The number of benzene rings is 2. The van der Waals surface area contributed by atoms with Gasteiger partial charge in [-0.25, -0.2) is 0 Å². The van der Waals surface area contributed by atoms with Gasteiger partial charge in [0.1, 0.15) is 11.5 Å². The van der Waals surface area contributed by atoms with Crippen molar-refractivity contribution in [1.29, 1.82) is 0 Å². The number of ether oxygens (including phenoxy) is 1. The topological polar surface area (TPSA) is 76.7 Å². The third-order valence-corrected chi connectivity index (χ3v) is 5.22. The van der Waals surface area contributed by atoms with Crippen molar-refractivity contribution in [2.24, 2.45) is 11.8 Å². The molecule has 1 saturated carbocycles. The molecule has 0 aliphatic heterocycles. The molecule has 1 aliphatic rings. The Morgan fingerprint density at radius 2 is 1.96 bits per heavy atom. The molecule has 1 fully saturated rings. The van der Waals surface area contributed by atoms with Crippen LogP contribution in [0.15, 0.2) is 57.7 Å². The minimum atomic E-state index is -0.749. The summed E-state index contributed by atoms with van der Waals surface area (Å²) in [4.78, 5) is 23.4. The zero-order valence-electron chi connectivity index (χ0n) is 14.4. The molecule has 0 unspecified atom stereocenters. The third-order valence-electron chi connectivity index (χ3n) is 4.92. The number of hydrogen-bond donors (Lipinski definition) is 1. The number of fused-ring (bicyclic) bond motifs is 1. The largest absolute Gasteiger partial charge is 0.493 e. The number of carbonyl (C=O) groups is 1. The summed E-state index contributed by atoms with van der Waals surface area (Å²) in [6, 6.07) is 13.8. The van der Waals surface area contributed by atoms with Crippen molar-refractivity contribution in [2.75, 3.05) is 6.61 Å². The maximum absolute atomic E-state index is 12.4. The van der Waals surface area contributed by atoms with Crippen molar-refractivity contribution in [1.82, 2.24) is 0 Å². The van der Waals surface area contributed by atoms with Crippen LogP contribution in [-0.2, 0) is 4.79 Å². The van der Waals surface area contributed by atoms with Crippen molar-refractivity contribution in [3.63, 3.8) is 0 Å². The molecule has 4 rings (SSSR count). The average molecular weight is 385 g/mol. The van der Waals surface area contributed by atoms with Crippen molar-refractivity contribution >= 4 is 28.5 Å². The normalized spacial score (nSPS) is 18.9. The summed E-state index contributed by atoms with van der Waals surface area (Å²) < 4.78 is 11.8. The number of aliphatic carboxylic acids is 1. The first-order chi connectivity index (χ1) is 13.0. The van der Waals surface area contributed by atoms with Gasteiger partial charge in [-0.3, -0.25) is 9.59 Å². The number of rotatable bonds is 5. The monoisotopic (exact) mass is 384 g/mol. The van der Waals surface area contributed by atoms with Gasteiger partial charge in [0.25, 0.3) is 0 Å². The number of carboxylic acid groups (broad SMARTS) is 1. The maximum Gasteiger partial charge on any atom is 0.306 e. The van der Waals surface area contributed by atoms with E-state index < -0.39 is 5.97 Å². The number of para-hydroxylation sites is 2. The molecule has 0 radical (unpaired) electrons. The highest BCUT2D eigenvalue weighted by atomic mass is 35.5. The van der Waals surface area contributed by atoms with E-state index in [1.165, 1.54) is 6.07 Å². The average Bonchev–Trinajstić information content (AvgIpc) is 2.61. The summed E-state index contributed by atoms with van der Waals surface area (Å²) in [6.07, 6.45) is 1.25. The van der Waals surface area contributed by atoms with Crippen LogP contribution < -0.4 is 10.2 Å². The summed E-state index contributed by atoms with van der Waals surface area (Å²) in [5.74, 6) is 0.173. The Morgan fingerprint density at radius 1 is 1.19 bits per heavy atom. The molecule has 138 valence electrons. The summed E-state index contributed by atoms with van der Waals surface area (Å²) in [5.41, 5.74) is 0.831. The van der Waals surface area contributed by atoms with E-state index in [9.17, 15) is 9.59 Å². The Labute approximate surface area is 160 Å². The molecule has 1 aliphatic carbocycles. The second-order valence-electron chi connectivity index (χ2n) is 6.77. The predicted octanol–water partition coefficient (Wildman–Crippen LogP) is 4.60. The van der Waals surface area contributed by atoms with Crippen LogP contribution in [0.3, 0.4) is 0 Å². The second kappa shape index (κ2) is 7.08. The molecule has 0 amide bonds. The second-order valence-corrected chi connectivity index (χ2v) is 7.18. The highest BCUT2D eigenvalue weighted by molar-refractivity contribution is 6.34. The van der Waals surface area contributed by atoms with Crippen LogP contribution in [0, 0.1) is 11.8 Å². The Hall–Kier alpha value is -2.79. The van der Waals surface area contributed by atoms with Gasteiger partial charge in [-0.05, 0) is 43.0 Å². The maximum atomic E-state index is 12.4. The Bertz CT molecular complexity index is 1070. The summed E-state index contributed by atoms with van der Waals surface area (Å²) in [6.45, 7) is 0.430. The van der Waals surface area contributed by atoms with Crippen LogP contribution >= 0.6 is 11.6 Å². The van der Waals surface area contributed by atoms with E-state index >= 15 is 0 Å². The molecule has 6 heteroatoms. The van der Waals surface area contributed by atoms with E-state index in [-0.39, 0.29) is 17.3 Å². The van der Waals surface area contributed by atoms with E-state index in [0.29, 0.717) is 52.5 Å². The number of halogens is 1. The molecule has 5 nitrogen and oxygen atoms in total. The van der Waals surface area contributed by atoms with Gasteiger partial charge in [-0.2, -0.15) is 0 Å². The smallest absolute Gasteiger partial charge is 0.306 e. The highest BCUT2D eigenvalue weighted by Crippen LogP contribution is 2.36. The van der Waals surface area contributed by atoms with Crippen LogP contribution in [-0.4, -0.2) is 17.7 Å². The first-order valence-electron chi connectivity index (χ1n) is 8.70. The van der Waals surface area contributed by atoms with Gasteiger partial charge in [0.05, 0.1) is 28.5 Å². The van der Waals surface area contributed by atoms with Crippen molar-refractivity contribution in [3.8, 4) is 17.1 Å². The van der Waals surface area contributed by atoms with Gasteiger partial charge >= 0.3 is 5.97 Å². The van der Waals surface area contributed by atoms with Gasteiger partial charge in [-0.1, -0.05) is 29.8 Å². The lowest BCUT2D eigenvalue weighted by atomic mass is 9.75. The zero-order chi connectivity index (χ0) is 19.0. The Kier molecular flexibility index (Phi) is 4.62. The molecule has 3 aromatic rings. The van der Waals surface area contributed by atoms with Gasteiger partial charge in [0, 0.05) is 6.07 Å². The number of carboxylic acids is 1. The fraction of sp³-hybridized carbons (Fsp3) is 0.238. The molecule has 0 spiro atoms. The van der Waals surface area contributed by atoms with E-state index in [0.717, 1.165) is 0 Å². The Morgan fingerprint density at radius 3 is 2.74 bits per heavy atom. The standard InChI is InChI=1S/C21H17ClO5/c22-16-6-3-5-14-17(23)10-19(27-20(14)16)15-4-1-2-7-18(15)26-11-12-8-13(9-12)21(24)25/h1-7,10,12-13H,8-9,11H2,(H,24,25)/t12-,13+. The zero-order valence-corrected chi connectivity index (χ0v) is 15.1. The van der Waals surface area contributed by atoms with E-state index in [2.05, 4.69) is 0 Å². The SMILES string of the molecule is O=c1cc(-c2ccccc2OC[C@H]2C[C@@H](C(=O)O)C2)oc2c(Cl)cccc12. The minimum absolute atomic E-state index is 0.174. The van der Waals surface area contributed by atoms with E-state index in [1.54, 1.807) is 24.3 Å². The fourth-order valence-electron chi connectivity index (χ4n) is 3.35. The third kappa shape index (κ3) is 3.43. The molecular weight excluding hydrogens is 368 g/mol.